The smallest absolute Gasteiger partial charge is 0.288 e. The molecular formula is C14H10BrClN2O4. The van der Waals surface area contributed by atoms with E-state index in [9.17, 15) is 14.9 Å². The Labute approximate surface area is 139 Å². The fourth-order valence-corrected chi connectivity index (χ4v) is 2.47. The maximum Gasteiger partial charge on any atom is 0.288 e. The van der Waals surface area contributed by atoms with Gasteiger partial charge in [0.05, 0.1) is 16.5 Å². The molecule has 0 fully saturated rings. The molecule has 8 heteroatoms. The Morgan fingerprint density at radius 2 is 2.05 bits per heavy atom. The van der Waals surface area contributed by atoms with E-state index >= 15 is 0 Å². The van der Waals surface area contributed by atoms with Gasteiger partial charge in [0.2, 0.25) is 0 Å². The van der Waals surface area contributed by atoms with Crippen molar-refractivity contribution in [3.63, 3.8) is 0 Å². The van der Waals surface area contributed by atoms with Crippen LogP contribution >= 0.6 is 27.5 Å². The molecule has 0 aliphatic carbocycles. The summed E-state index contributed by atoms with van der Waals surface area (Å²) in [6.45, 7) is 0. The van der Waals surface area contributed by atoms with Crippen molar-refractivity contribution in [1.82, 2.24) is 0 Å². The number of hydrogen-bond acceptors (Lipinski definition) is 4. The number of amides is 1. The molecule has 0 bridgehead atoms. The Morgan fingerprint density at radius 1 is 1.32 bits per heavy atom. The van der Waals surface area contributed by atoms with Crippen LogP contribution in [-0.4, -0.2) is 17.9 Å². The van der Waals surface area contributed by atoms with Crippen LogP contribution in [0.2, 0.25) is 5.02 Å². The van der Waals surface area contributed by atoms with Gasteiger partial charge in [-0.25, -0.2) is 0 Å². The standard InChI is InChI=1S/C14H10BrClN2O4/c1-22-13-5-3-9(7-10(13)15)17-14(19)8-2-4-11(16)12(6-8)18(20)21/h2-7H,1H3,(H,17,19). The number of methoxy groups -OCH3 is 1. The highest BCUT2D eigenvalue weighted by molar-refractivity contribution is 9.10. The topological polar surface area (TPSA) is 81.5 Å². The maximum absolute atomic E-state index is 12.1. The van der Waals surface area contributed by atoms with E-state index in [1.807, 2.05) is 0 Å². The molecule has 0 atom stereocenters. The van der Waals surface area contributed by atoms with E-state index in [1.54, 1.807) is 18.2 Å². The number of hydrogen-bond donors (Lipinski definition) is 1. The van der Waals surface area contributed by atoms with Gasteiger partial charge in [-0.2, -0.15) is 0 Å². The molecule has 0 saturated carbocycles. The van der Waals surface area contributed by atoms with Gasteiger partial charge in [0, 0.05) is 17.3 Å². The van der Waals surface area contributed by atoms with Crippen LogP contribution in [0.3, 0.4) is 0 Å². The summed E-state index contributed by atoms with van der Waals surface area (Å²) in [7, 11) is 1.53. The lowest BCUT2D eigenvalue weighted by atomic mass is 10.2. The highest BCUT2D eigenvalue weighted by atomic mass is 79.9. The summed E-state index contributed by atoms with van der Waals surface area (Å²) < 4.78 is 5.77. The Hall–Kier alpha value is -2.12. The molecule has 2 rings (SSSR count). The average molecular weight is 386 g/mol. The van der Waals surface area contributed by atoms with Gasteiger partial charge in [0.1, 0.15) is 10.8 Å². The summed E-state index contributed by atoms with van der Waals surface area (Å²) in [6.07, 6.45) is 0. The fraction of sp³-hybridized carbons (Fsp3) is 0.0714. The van der Waals surface area contributed by atoms with Gasteiger partial charge >= 0.3 is 0 Å². The van der Waals surface area contributed by atoms with Crippen molar-refractivity contribution in [2.45, 2.75) is 0 Å². The van der Waals surface area contributed by atoms with E-state index < -0.39 is 10.8 Å². The molecule has 0 aliphatic rings. The molecule has 114 valence electrons. The fourth-order valence-electron chi connectivity index (χ4n) is 1.74. The number of nitro benzene ring substituents is 1. The normalized spacial score (nSPS) is 10.1. The van der Waals surface area contributed by atoms with E-state index in [-0.39, 0.29) is 16.3 Å². The number of ether oxygens (including phenoxy) is 1. The second-order valence-corrected chi connectivity index (χ2v) is 5.49. The predicted molar refractivity (Wildman–Crippen MR) is 86.8 cm³/mol. The number of anilines is 1. The molecule has 0 saturated heterocycles. The Kier molecular flexibility index (Phi) is 4.99. The molecule has 2 aromatic rings. The van der Waals surface area contributed by atoms with Gasteiger partial charge in [-0.1, -0.05) is 11.6 Å². The van der Waals surface area contributed by atoms with E-state index in [0.29, 0.717) is 15.9 Å². The molecule has 0 unspecified atom stereocenters. The molecule has 0 radical (unpaired) electrons. The molecular weight excluding hydrogens is 376 g/mol. The zero-order chi connectivity index (χ0) is 16.3. The summed E-state index contributed by atoms with van der Waals surface area (Å²) >= 11 is 9.03. The highest BCUT2D eigenvalue weighted by Crippen LogP contribution is 2.29. The zero-order valence-corrected chi connectivity index (χ0v) is 13.6. The monoisotopic (exact) mass is 384 g/mol. The summed E-state index contributed by atoms with van der Waals surface area (Å²) in [4.78, 5) is 22.3. The third kappa shape index (κ3) is 3.55. The highest BCUT2D eigenvalue weighted by Gasteiger charge is 2.16. The van der Waals surface area contributed by atoms with E-state index in [4.69, 9.17) is 16.3 Å². The first-order chi connectivity index (χ1) is 10.4. The maximum atomic E-state index is 12.1. The Balaban J connectivity index is 2.24. The Morgan fingerprint density at radius 3 is 2.64 bits per heavy atom. The molecule has 0 aliphatic heterocycles. The molecule has 0 spiro atoms. The van der Waals surface area contributed by atoms with Crippen LogP contribution in [0.25, 0.3) is 0 Å². The number of nitrogens with zero attached hydrogens (tertiary/aromatic N) is 1. The minimum Gasteiger partial charge on any atom is -0.496 e. The zero-order valence-electron chi connectivity index (χ0n) is 11.3. The lowest BCUT2D eigenvalue weighted by molar-refractivity contribution is -0.384. The number of nitrogens with one attached hydrogen (secondary N) is 1. The number of carbonyl (C=O) groups excluding carboxylic acids is 1. The van der Waals surface area contributed by atoms with Crippen LogP contribution in [0, 0.1) is 10.1 Å². The number of benzene rings is 2. The van der Waals surface area contributed by atoms with Gasteiger partial charge < -0.3 is 10.1 Å². The summed E-state index contributed by atoms with van der Waals surface area (Å²) in [5.41, 5.74) is 0.351. The van der Waals surface area contributed by atoms with Crippen molar-refractivity contribution in [2.75, 3.05) is 12.4 Å². The number of halogens is 2. The van der Waals surface area contributed by atoms with Crippen LogP contribution in [0.4, 0.5) is 11.4 Å². The second kappa shape index (κ2) is 6.76. The first-order valence-electron chi connectivity index (χ1n) is 6.01. The molecule has 0 heterocycles. The van der Waals surface area contributed by atoms with Crippen LogP contribution in [0.15, 0.2) is 40.9 Å². The lowest BCUT2D eigenvalue weighted by Gasteiger charge is -2.08. The van der Waals surface area contributed by atoms with Crippen molar-refractivity contribution >= 4 is 44.8 Å². The molecule has 1 N–H and O–H groups in total. The van der Waals surface area contributed by atoms with Crippen LogP contribution in [0.1, 0.15) is 10.4 Å². The van der Waals surface area contributed by atoms with Crippen molar-refractivity contribution in [1.29, 1.82) is 0 Å². The molecule has 1 amide bonds. The molecule has 2 aromatic carbocycles. The van der Waals surface area contributed by atoms with Gasteiger partial charge in [0.15, 0.2) is 0 Å². The minimum atomic E-state index is -0.636. The molecule has 0 aromatic heterocycles. The number of rotatable bonds is 4. The SMILES string of the molecule is COc1ccc(NC(=O)c2ccc(Cl)c([N+](=O)[O-])c2)cc1Br. The first kappa shape index (κ1) is 16.3. The minimum absolute atomic E-state index is 0.0197. The third-order valence-corrected chi connectivity index (χ3v) is 3.75. The second-order valence-electron chi connectivity index (χ2n) is 4.23. The van der Waals surface area contributed by atoms with Crippen molar-refractivity contribution < 1.29 is 14.5 Å². The summed E-state index contributed by atoms with van der Waals surface area (Å²) in [6, 6.07) is 8.88. The van der Waals surface area contributed by atoms with Crippen LogP contribution in [0.5, 0.6) is 5.75 Å². The quantitative estimate of drug-likeness (QED) is 0.629. The largest absolute Gasteiger partial charge is 0.496 e. The van der Waals surface area contributed by atoms with Gasteiger partial charge in [-0.3, -0.25) is 14.9 Å². The first-order valence-corrected chi connectivity index (χ1v) is 7.18. The van der Waals surface area contributed by atoms with E-state index in [2.05, 4.69) is 21.2 Å². The van der Waals surface area contributed by atoms with Crippen LogP contribution < -0.4 is 10.1 Å². The lowest BCUT2D eigenvalue weighted by Crippen LogP contribution is -2.12. The van der Waals surface area contributed by atoms with Gasteiger partial charge in [0.25, 0.3) is 11.6 Å². The van der Waals surface area contributed by atoms with Gasteiger partial charge in [-0.05, 0) is 46.3 Å². The number of nitro groups is 1. The van der Waals surface area contributed by atoms with Crippen LogP contribution in [-0.2, 0) is 0 Å². The summed E-state index contributed by atoms with van der Waals surface area (Å²) in [5.74, 6) is 0.150. The summed E-state index contributed by atoms with van der Waals surface area (Å²) in [5, 5.41) is 13.5. The number of carbonyl (C=O) groups is 1. The van der Waals surface area contributed by atoms with Crippen molar-refractivity contribution in [2.24, 2.45) is 0 Å². The molecule has 22 heavy (non-hydrogen) atoms. The Bertz CT molecular complexity index is 752. The van der Waals surface area contributed by atoms with E-state index in [1.165, 1.54) is 19.2 Å². The van der Waals surface area contributed by atoms with Crippen molar-refractivity contribution in [3.05, 3.63) is 61.6 Å². The average Bonchev–Trinajstić information content (AvgIpc) is 2.47. The molecule has 6 nitrogen and oxygen atoms in total. The van der Waals surface area contributed by atoms with E-state index in [0.717, 1.165) is 6.07 Å². The predicted octanol–water partition coefficient (Wildman–Crippen LogP) is 4.27. The third-order valence-electron chi connectivity index (χ3n) is 2.81. The van der Waals surface area contributed by atoms with Crippen molar-refractivity contribution in [3.8, 4) is 5.75 Å². The van der Waals surface area contributed by atoms with Gasteiger partial charge in [-0.15, -0.1) is 0 Å².